The summed E-state index contributed by atoms with van der Waals surface area (Å²) in [7, 11) is 0. The van der Waals surface area contributed by atoms with Gasteiger partial charge < -0.3 is 29.9 Å². The second kappa shape index (κ2) is 39.7. The van der Waals surface area contributed by atoms with Crippen molar-refractivity contribution in [3.05, 3.63) is 371 Å². The van der Waals surface area contributed by atoms with Crippen LogP contribution in [0.4, 0.5) is 0 Å². The maximum Gasteiger partial charge on any atom is 0.158 e. The molecule has 0 saturated carbocycles. The van der Waals surface area contributed by atoms with Crippen molar-refractivity contribution >= 4 is 0 Å². The van der Waals surface area contributed by atoms with Crippen LogP contribution in [0.5, 0.6) is 0 Å². The van der Waals surface area contributed by atoms with Crippen LogP contribution in [0.1, 0.15) is 5.82 Å². The van der Waals surface area contributed by atoms with Gasteiger partial charge in [0.15, 0.2) is 5.82 Å². The van der Waals surface area contributed by atoms with E-state index in [4.69, 9.17) is 0 Å². The molecule has 9 heterocycles. The van der Waals surface area contributed by atoms with Crippen LogP contribution < -0.4 is 0 Å². The molecular weight excluding hydrogens is 1690 g/mol. The number of pyridine rings is 7. The number of nitrogens with zero attached hydrogens (tertiary/aromatic N) is 11. The van der Waals surface area contributed by atoms with Gasteiger partial charge in [0.1, 0.15) is 5.82 Å². The molecule has 11 nitrogen and oxygen atoms in total. The molecule has 0 spiro atoms. The first-order valence-corrected chi connectivity index (χ1v) is 29.0. The van der Waals surface area contributed by atoms with E-state index in [1.54, 1.807) is 61.8 Å². The van der Waals surface area contributed by atoms with E-state index in [0.29, 0.717) is 5.82 Å². The first kappa shape index (κ1) is 70.9. The minimum Gasteiger partial charge on any atom is -0.305 e. The predicted molar refractivity (Wildman–Crippen MR) is 361 cm³/mol. The molecule has 15 rings (SSSR count). The summed E-state index contributed by atoms with van der Waals surface area (Å²) >= 11 is 0. The third-order valence-electron chi connectivity index (χ3n) is 13.1. The Labute approximate surface area is 589 Å². The zero-order valence-corrected chi connectivity index (χ0v) is 57.8. The third kappa shape index (κ3) is 22.4. The SMILES string of the molecule is Cc1nccc(-c2ccnc(-c3[c-]cccc3)c2)n1.[Ir].[Ir].[Ir].[c-]1ccccc1-c1cc(-c2cccnc2)ccn1.[c-]1ccccc1-c1cc(-c2ncccn2)ccn1.[c-]1ccccc1-c1ccccn1.[c-]1ccccc1-c1ccccn1.[c-]1ccccc1-c1ccccn1. The van der Waals surface area contributed by atoms with Crippen LogP contribution in [0, 0.1) is 43.3 Å². The second-order valence-electron chi connectivity index (χ2n) is 19.4. The molecule has 6 aromatic carbocycles. The maximum atomic E-state index is 4.43. The molecule has 94 heavy (non-hydrogen) atoms. The summed E-state index contributed by atoms with van der Waals surface area (Å²) in [6.07, 6.45) is 19.6. The normalized spacial score (nSPS) is 9.71. The smallest absolute Gasteiger partial charge is 0.158 e. The monoisotopic (exact) mass is 1750 g/mol. The maximum absolute atomic E-state index is 4.43. The van der Waals surface area contributed by atoms with Gasteiger partial charge in [0.2, 0.25) is 0 Å². The molecule has 465 valence electrons. The van der Waals surface area contributed by atoms with Crippen LogP contribution in [0.25, 0.3) is 101 Å². The summed E-state index contributed by atoms with van der Waals surface area (Å²) in [6, 6.07) is 103. The molecule has 3 radical (unpaired) electrons. The molecular formula is C80H57Ir3N11-6. The molecule has 0 N–H and O–H groups in total. The van der Waals surface area contributed by atoms with Gasteiger partial charge in [0.25, 0.3) is 0 Å². The minimum atomic E-state index is 0. The Hall–Kier alpha value is -10.5. The first-order valence-electron chi connectivity index (χ1n) is 29.0. The van der Waals surface area contributed by atoms with Crippen LogP contribution in [0.3, 0.4) is 0 Å². The van der Waals surface area contributed by atoms with Crippen molar-refractivity contribution in [3.8, 4) is 101 Å². The van der Waals surface area contributed by atoms with Gasteiger partial charge in [-0.15, -0.1) is 215 Å². The Kier molecular flexibility index (Phi) is 29.9. The molecule has 0 unspecified atom stereocenters. The van der Waals surface area contributed by atoms with E-state index < -0.39 is 0 Å². The van der Waals surface area contributed by atoms with E-state index >= 15 is 0 Å². The molecule has 0 aliphatic carbocycles. The summed E-state index contributed by atoms with van der Waals surface area (Å²) < 4.78 is 0. The van der Waals surface area contributed by atoms with Gasteiger partial charge >= 0.3 is 0 Å². The molecule has 0 aliphatic rings. The average Bonchev–Trinajstić information content (AvgIpc) is 1.21. The van der Waals surface area contributed by atoms with Gasteiger partial charge in [-0.05, 0) is 112 Å². The molecule has 15 aromatic rings. The van der Waals surface area contributed by atoms with Crippen molar-refractivity contribution in [2.75, 3.05) is 0 Å². The number of rotatable bonds is 9. The number of benzene rings is 6. The Balaban J connectivity index is 0.000000160. The molecule has 0 fully saturated rings. The molecule has 0 atom stereocenters. The molecule has 0 bridgehead atoms. The Morgan fingerprint density at radius 1 is 0.234 bits per heavy atom. The van der Waals surface area contributed by atoms with E-state index in [0.717, 1.165) is 101 Å². The summed E-state index contributed by atoms with van der Waals surface area (Å²) in [5, 5.41) is 0. The van der Waals surface area contributed by atoms with Gasteiger partial charge in [-0.2, -0.15) is 0 Å². The Morgan fingerprint density at radius 3 is 0.936 bits per heavy atom. The zero-order valence-electron chi connectivity index (χ0n) is 50.6. The van der Waals surface area contributed by atoms with Crippen LogP contribution in [-0.4, -0.2) is 54.8 Å². The number of aromatic nitrogens is 11. The fourth-order valence-electron chi connectivity index (χ4n) is 8.69. The van der Waals surface area contributed by atoms with Crippen LogP contribution in [-0.2, 0) is 60.3 Å². The second-order valence-corrected chi connectivity index (χ2v) is 19.4. The fourth-order valence-corrected chi connectivity index (χ4v) is 8.69. The standard InChI is InChI=1S/C16H12N3.C16H11N2.C15H10N3.3C11H8N.3Ir/c1-12-17-10-8-15(19-12)14-7-9-18-16(11-14)13-5-3-2-4-6-13;1-2-5-13(6-3-1)16-11-14(8-10-18-16)15-7-4-9-17-12-15;1-2-5-12(6-3-1)14-11-13(7-10-16-14)15-17-8-4-9-18-15;3*1-2-6-10(7-3-1)11-8-4-5-9-12-11;;;/h2-5,7-11H,1H3;1-5,7-12H;1-5,7-11H;3*1-6,8-9H;;;/q6*-1;;;. The van der Waals surface area contributed by atoms with E-state index in [1.165, 1.54) is 0 Å². The topological polar surface area (TPSA) is 142 Å². The summed E-state index contributed by atoms with van der Waals surface area (Å²) in [6.45, 7) is 1.89. The van der Waals surface area contributed by atoms with Crippen molar-refractivity contribution in [2.45, 2.75) is 6.92 Å². The van der Waals surface area contributed by atoms with E-state index in [2.05, 4.69) is 97.3 Å². The number of aryl methyl sites for hydroxylation is 1. The Morgan fingerprint density at radius 2 is 0.574 bits per heavy atom. The zero-order chi connectivity index (χ0) is 62.2. The fraction of sp³-hybridized carbons (Fsp3) is 0.0125. The van der Waals surface area contributed by atoms with Crippen LogP contribution in [0.2, 0.25) is 0 Å². The predicted octanol–water partition coefficient (Wildman–Crippen LogP) is 17.6. The first-order chi connectivity index (χ1) is 45.1. The molecule has 0 amide bonds. The molecule has 0 aliphatic heterocycles. The minimum absolute atomic E-state index is 0. The van der Waals surface area contributed by atoms with Gasteiger partial charge in [-0.3, -0.25) is 4.98 Å². The molecule has 9 aromatic heterocycles. The number of hydrogen-bond acceptors (Lipinski definition) is 11. The third-order valence-corrected chi connectivity index (χ3v) is 13.1. The van der Waals surface area contributed by atoms with Gasteiger partial charge in [-0.25, -0.2) is 19.9 Å². The van der Waals surface area contributed by atoms with Gasteiger partial charge in [0, 0.05) is 134 Å². The van der Waals surface area contributed by atoms with E-state index in [-0.39, 0.29) is 60.3 Å². The average molecular weight is 1750 g/mol. The summed E-state index contributed by atoms with van der Waals surface area (Å²) in [4.78, 5) is 46.9. The van der Waals surface area contributed by atoms with Crippen molar-refractivity contribution in [1.82, 2.24) is 54.8 Å². The summed E-state index contributed by atoms with van der Waals surface area (Å²) in [5.74, 6) is 1.47. The number of hydrogen-bond donors (Lipinski definition) is 0. The van der Waals surface area contributed by atoms with Crippen LogP contribution in [0.15, 0.2) is 329 Å². The van der Waals surface area contributed by atoms with Gasteiger partial charge in [0.05, 0.1) is 5.69 Å². The van der Waals surface area contributed by atoms with E-state index in [9.17, 15) is 0 Å². The Bertz CT molecular complexity index is 3980. The largest absolute Gasteiger partial charge is 0.305 e. The van der Waals surface area contributed by atoms with Crippen LogP contribution >= 0.6 is 0 Å². The van der Waals surface area contributed by atoms with Crippen molar-refractivity contribution < 1.29 is 60.3 Å². The van der Waals surface area contributed by atoms with E-state index in [1.807, 2.05) is 268 Å². The molecule has 14 heteroatoms. The van der Waals surface area contributed by atoms with Crippen molar-refractivity contribution in [2.24, 2.45) is 0 Å². The quantitative estimate of drug-likeness (QED) is 0.127. The van der Waals surface area contributed by atoms with Crippen molar-refractivity contribution in [3.63, 3.8) is 0 Å². The van der Waals surface area contributed by atoms with Crippen molar-refractivity contribution in [1.29, 1.82) is 0 Å². The van der Waals surface area contributed by atoms with Gasteiger partial charge in [-0.1, -0.05) is 60.7 Å². The molecule has 0 saturated heterocycles. The summed E-state index contributed by atoms with van der Waals surface area (Å²) in [5.41, 5.74) is 16.8.